The van der Waals surface area contributed by atoms with Gasteiger partial charge in [0.25, 0.3) is 5.91 Å². The number of anilines is 1. The van der Waals surface area contributed by atoms with Crippen LogP contribution in [0.15, 0.2) is 54.7 Å². The molecule has 5 nitrogen and oxygen atoms in total. The molecule has 3 aromatic rings. The van der Waals surface area contributed by atoms with E-state index in [2.05, 4.69) is 35.1 Å². The molecule has 0 spiro atoms. The van der Waals surface area contributed by atoms with Crippen LogP contribution in [0, 0.1) is 11.8 Å². The number of aromatic nitrogens is 1. The fourth-order valence-corrected chi connectivity index (χ4v) is 3.77. The highest BCUT2D eigenvalue weighted by Gasteiger charge is 2.29. The first-order chi connectivity index (χ1) is 14.4. The van der Waals surface area contributed by atoms with Crippen LogP contribution >= 0.6 is 0 Å². The molecule has 1 unspecified atom stereocenters. The number of amides is 2. The SMILES string of the molecule is CC(C)Cn1cc(C(=O)NC(C)c2ccc(NC(=O)C3CC3)cc2)c2ccccc21. The van der Waals surface area contributed by atoms with Crippen LogP contribution in [0.5, 0.6) is 0 Å². The van der Waals surface area contributed by atoms with Gasteiger partial charge in [-0.15, -0.1) is 0 Å². The molecule has 4 rings (SSSR count). The molecule has 156 valence electrons. The Morgan fingerprint density at radius 3 is 2.40 bits per heavy atom. The van der Waals surface area contributed by atoms with Gasteiger partial charge in [0.15, 0.2) is 0 Å². The largest absolute Gasteiger partial charge is 0.346 e. The standard InChI is InChI=1S/C25H29N3O2/c1-16(2)14-28-15-22(21-6-4-5-7-23(21)28)25(30)26-17(3)18-10-12-20(13-11-18)27-24(29)19-8-9-19/h4-7,10-13,15-17,19H,8-9,14H2,1-3H3,(H,26,30)(H,27,29). The third kappa shape index (κ3) is 4.40. The Morgan fingerprint density at radius 2 is 1.73 bits per heavy atom. The van der Waals surface area contributed by atoms with E-state index in [4.69, 9.17) is 0 Å². The summed E-state index contributed by atoms with van der Waals surface area (Å²) in [6.07, 6.45) is 3.93. The molecule has 30 heavy (non-hydrogen) atoms. The Hall–Kier alpha value is -3.08. The van der Waals surface area contributed by atoms with Crippen molar-refractivity contribution in [2.45, 2.75) is 46.2 Å². The van der Waals surface area contributed by atoms with Crippen molar-refractivity contribution in [3.63, 3.8) is 0 Å². The van der Waals surface area contributed by atoms with E-state index in [-0.39, 0.29) is 23.8 Å². The van der Waals surface area contributed by atoms with E-state index in [0.29, 0.717) is 11.5 Å². The minimum Gasteiger partial charge on any atom is -0.346 e. The number of para-hydroxylation sites is 1. The second-order valence-electron chi connectivity index (χ2n) is 8.69. The van der Waals surface area contributed by atoms with Crippen molar-refractivity contribution in [3.05, 3.63) is 65.9 Å². The van der Waals surface area contributed by atoms with Crippen molar-refractivity contribution >= 4 is 28.4 Å². The molecule has 1 aliphatic rings. The Morgan fingerprint density at radius 1 is 1.03 bits per heavy atom. The van der Waals surface area contributed by atoms with Gasteiger partial charge in [-0.25, -0.2) is 0 Å². The Labute approximate surface area is 177 Å². The Kier molecular flexibility index (Phi) is 5.62. The van der Waals surface area contributed by atoms with Crippen molar-refractivity contribution in [1.82, 2.24) is 9.88 Å². The van der Waals surface area contributed by atoms with Gasteiger partial charge < -0.3 is 15.2 Å². The second kappa shape index (κ2) is 8.34. The highest BCUT2D eigenvalue weighted by molar-refractivity contribution is 6.07. The summed E-state index contributed by atoms with van der Waals surface area (Å²) < 4.78 is 2.16. The molecule has 1 fully saturated rings. The van der Waals surface area contributed by atoms with Crippen molar-refractivity contribution in [2.24, 2.45) is 11.8 Å². The normalized spacial score (nSPS) is 14.7. The van der Waals surface area contributed by atoms with E-state index in [0.717, 1.165) is 41.5 Å². The van der Waals surface area contributed by atoms with E-state index in [1.165, 1.54) is 0 Å². The van der Waals surface area contributed by atoms with Crippen molar-refractivity contribution in [2.75, 3.05) is 5.32 Å². The zero-order chi connectivity index (χ0) is 21.3. The summed E-state index contributed by atoms with van der Waals surface area (Å²) in [5.41, 5.74) is 3.58. The number of hydrogen-bond acceptors (Lipinski definition) is 2. The van der Waals surface area contributed by atoms with E-state index in [9.17, 15) is 9.59 Å². The maximum Gasteiger partial charge on any atom is 0.253 e. The van der Waals surface area contributed by atoms with Gasteiger partial charge in [-0.2, -0.15) is 0 Å². The molecule has 0 radical (unpaired) electrons. The van der Waals surface area contributed by atoms with Crippen LogP contribution in [0.25, 0.3) is 10.9 Å². The van der Waals surface area contributed by atoms with Gasteiger partial charge in [-0.1, -0.05) is 44.2 Å². The fraction of sp³-hybridized carbons (Fsp3) is 0.360. The van der Waals surface area contributed by atoms with E-state index < -0.39 is 0 Å². The Balaban J connectivity index is 1.47. The quantitative estimate of drug-likeness (QED) is 0.574. The number of nitrogens with zero attached hydrogens (tertiary/aromatic N) is 1. The topological polar surface area (TPSA) is 63.1 Å². The first kappa shape index (κ1) is 20.2. The van der Waals surface area contributed by atoms with E-state index in [1.54, 1.807) is 0 Å². The van der Waals surface area contributed by atoms with E-state index >= 15 is 0 Å². The number of fused-ring (bicyclic) bond motifs is 1. The number of carbonyl (C=O) groups excluding carboxylic acids is 2. The summed E-state index contributed by atoms with van der Waals surface area (Å²) in [5, 5.41) is 7.04. The lowest BCUT2D eigenvalue weighted by atomic mass is 10.1. The van der Waals surface area contributed by atoms with Gasteiger partial charge in [0.05, 0.1) is 11.6 Å². The molecule has 0 saturated heterocycles. The number of benzene rings is 2. The van der Waals surface area contributed by atoms with Crippen LogP contribution in [0.4, 0.5) is 5.69 Å². The number of rotatable bonds is 7. The minimum atomic E-state index is -0.141. The Bertz CT molecular complexity index is 1060. The van der Waals surface area contributed by atoms with Crippen LogP contribution in [-0.2, 0) is 11.3 Å². The molecule has 2 N–H and O–H groups in total. The van der Waals surface area contributed by atoms with Crippen LogP contribution < -0.4 is 10.6 Å². The molecule has 2 aromatic carbocycles. The molecule has 1 aliphatic carbocycles. The smallest absolute Gasteiger partial charge is 0.253 e. The van der Waals surface area contributed by atoms with Gasteiger partial charge in [-0.05, 0) is 49.4 Å². The van der Waals surface area contributed by atoms with Crippen LogP contribution in [0.3, 0.4) is 0 Å². The molecule has 2 amide bonds. The summed E-state index contributed by atoms with van der Waals surface area (Å²) in [6, 6.07) is 15.6. The molecule has 1 atom stereocenters. The van der Waals surface area contributed by atoms with Crippen LogP contribution in [-0.4, -0.2) is 16.4 Å². The maximum atomic E-state index is 13.1. The predicted molar refractivity (Wildman–Crippen MR) is 120 cm³/mol. The zero-order valence-electron chi connectivity index (χ0n) is 17.8. The zero-order valence-corrected chi connectivity index (χ0v) is 17.8. The van der Waals surface area contributed by atoms with Crippen molar-refractivity contribution < 1.29 is 9.59 Å². The fourth-order valence-electron chi connectivity index (χ4n) is 3.77. The summed E-state index contributed by atoms with van der Waals surface area (Å²) in [4.78, 5) is 25.0. The van der Waals surface area contributed by atoms with Crippen LogP contribution in [0.2, 0.25) is 0 Å². The highest BCUT2D eigenvalue weighted by Crippen LogP contribution is 2.30. The lowest BCUT2D eigenvalue weighted by molar-refractivity contribution is -0.117. The van der Waals surface area contributed by atoms with Gasteiger partial charge in [0.1, 0.15) is 0 Å². The number of hydrogen-bond donors (Lipinski definition) is 2. The minimum absolute atomic E-state index is 0.0766. The molecular formula is C25H29N3O2. The number of nitrogens with one attached hydrogen (secondary N) is 2. The molecule has 1 heterocycles. The molecule has 5 heteroatoms. The molecule has 1 saturated carbocycles. The van der Waals surface area contributed by atoms with Gasteiger partial charge in [0, 0.05) is 35.2 Å². The summed E-state index contributed by atoms with van der Waals surface area (Å²) in [5.74, 6) is 0.699. The lowest BCUT2D eigenvalue weighted by Gasteiger charge is -2.15. The van der Waals surface area contributed by atoms with E-state index in [1.807, 2.05) is 55.6 Å². The summed E-state index contributed by atoms with van der Waals surface area (Å²) in [6.45, 7) is 7.20. The average molecular weight is 404 g/mol. The monoisotopic (exact) mass is 403 g/mol. The lowest BCUT2D eigenvalue weighted by Crippen LogP contribution is -2.26. The molecular weight excluding hydrogens is 374 g/mol. The van der Waals surface area contributed by atoms with Gasteiger partial charge >= 0.3 is 0 Å². The van der Waals surface area contributed by atoms with Crippen LogP contribution in [0.1, 0.15) is 55.6 Å². The van der Waals surface area contributed by atoms with Crippen molar-refractivity contribution in [3.8, 4) is 0 Å². The molecule has 0 bridgehead atoms. The molecule has 1 aromatic heterocycles. The second-order valence-corrected chi connectivity index (χ2v) is 8.69. The van der Waals surface area contributed by atoms with Crippen molar-refractivity contribution in [1.29, 1.82) is 0 Å². The first-order valence-electron chi connectivity index (χ1n) is 10.7. The first-order valence-corrected chi connectivity index (χ1v) is 10.7. The molecule has 0 aliphatic heterocycles. The van der Waals surface area contributed by atoms with Gasteiger partial charge in [-0.3, -0.25) is 9.59 Å². The third-order valence-electron chi connectivity index (χ3n) is 5.57. The van der Waals surface area contributed by atoms with Gasteiger partial charge in [0.2, 0.25) is 5.91 Å². The third-order valence-corrected chi connectivity index (χ3v) is 5.57. The summed E-state index contributed by atoms with van der Waals surface area (Å²) in [7, 11) is 0. The number of carbonyl (C=O) groups is 2. The highest BCUT2D eigenvalue weighted by atomic mass is 16.2. The predicted octanol–water partition coefficient (Wildman–Crippen LogP) is 5.14. The summed E-state index contributed by atoms with van der Waals surface area (Å²) >= 11 is 0. The maximum absolute atomic E-state index is 13.1. The average Bonchev–Trinajstić information content (AvgIpc) is 3.51.